The Kier molecular flexibility index (Phi) is 4.32. The van der Waals surface area contributed by atoms with E-state index < -0.39 is 11.7 Å². The number of halogens is 3. The third kappa shape index (κ3) is 3.12. The molecule has 0 aromatic heterocycles. The van der Waals surface area contributed by atoms with Gasteiger partial charge in [-0.3, -0.25) is 4.79 Å². The number of benzene rings is 1. The molecule has 2 atom stereocenters. The van der Waals surface area contributed by atoms with Crippen molar-refractivity contribution in [3.63, 3.8) is 0 Å². The molecular formula is C14H16F3NO2. The van der Waals surface area contributed by atoms with Gasteiger partial charge in [-0.2, -0.15) is 13.2 Å². The van der Waals surface area contributed by atoms with E-state index >= 15 is 0 Å². The Bertz CT molecular complexity index is 470. The Morgan fingerprint density at radius 3 is 2.50 bits per heavy atom. The van der Waals surface area contributed by atoms with E-state index in [2.05, 4.69) is 5.32 Å². The second kappa shape index (κ2) is 5.83. The van der Waals surface area contributed by atoms with Gasteiger partial charge in [-0.1, -0.05) is 12.1 Å². The summed E-state index contributed by atoms with van der Waals surface area (Å²) in [5.41, 5.74) is 0.0419. The van der Waals surface area contributed by atoms with Crippen LogP contribution in [0.1, 0.15) is 23.5 Å². The van der Waals surface area contributed by atoms with Crippen LogP contribution < -0.4 is 5.32 Å². The number of alkyl halides is 3. The number of hydrogen-bond acceptors (Lipinski definition) is 3. The van der Waals surface area contributed by atoms with E-state index in [0.717, 1.165) is 17.7 Å². The van der Waals surface area contributed by atoms with Crippen LogP contribution >= 0.6 is 0 Å². The van der Waals surface area contributed by atoms with E-state index in [1.165, 1.54) is 19.2 Å². The molecule has 1 aromatic rings. The Balaban J connectivity index is 2.22. The first-order valence-corrected chi connectivity index (χ1v) is 6.39. The number of rotatable bonds is 2. The SMILES string of the molecule is COC(=O)[C@H]1CCNC[C@@H]1c1ccc(C(F)(F)F)cc1. The molecule has 1 aliphatic rings. The highest BCUT2D eigenvalue weighted by atomic mass is 19.4. The smallest absolute Gasteiger partial charge is 0.416 e. The van der Waals surface area contributed by atoms with Gasteiger partial charge in [0, 0.05) is 12.5 Å². The molecule has 1 aromatic carbocycles. The van der Waals surface area contributed by atoms with Crippen LogP contribution in [0.25, 0.3) is 0 Å². The van der Waals surface area contributed by atoms with E-state index in [-0.39, 0.29) is 17.8 Å². The third-order valence-corrected chi connectivity index (χ3v) is 3.65. The largest absolute Gasteiger partial charge is 0.469 e. The molecule has 0 aliphatic carbocycles. The summed E-state index contributed by atoms with van der Waals surface area (Å²) in [4.78, 5) is 11.7. The van der Waals surface area contributed by atoms with Crippen LogP contribution in [0.2, 0.25) is 0 Å². The van der Waals surface area contributed by atoms with Crippen LogP contribution in [0.5, 0.6) is 0 Å². The molecule has 3 nitrogen and oxygen atoms in total. The number of carbonyl (C=O) groups excluding carboxylic acids is 1. The minimum Gasteiger partial charge on any atom is -0.469 e. The summed E-state index contributed by atoms with van der Waals surface area (Å²) in [5.74, 6) is -0.770. The fraction of sp³-hybridized carbons (Fsp3) is 0.500. The quantitative estimate of drug-likeness (QED) is 0.850. The minimum absolute atomic E-state index is 0.154. The van der Waals surface area contributed by atoms with Gasteiger partial charge in [-0.05, 0) is 30.7 Å². The number of hydrogen-bond donors (Lipinski definition) is 1. The molecule has 2 rings (SSSR count). The first-order chi connectivity index (χ1) is 9.43. The third-order valence-electron chi connectivity index (χ3n) is 3.65. The number of carbonyl (C=O) groups is 1. The Labute approximate surface area is 115 Å². The lowest BCUT2D eigenvalue weighted by Gasteiger charge is -2.30. The van der Waals surface area contributed by atoms with Gasteiger partial charge in [-0.15, -0.1) is 0 Å². The molecule has 1 aliphatic heterocycles. The average molecular weight is 287 g/mol. The zero-order valence-corrected chi connectivity index (χ0v) is 11.0. The second-order valence-electron chi connectivity index (χ2n) is 4.85. The predicted molar refractivity (Wildman–Crippen MR) is 67.2 cm³/mol. The summed E-state index contributed by atoms with van der Waals surface area (Å²) in [6, 6.07) is 4.99. The maximum atomic E-state index is 12.5. The van der Waals surface area contributed by atoms with Crippen molar-refractivity contribution < 1.29 is 22.7 Å². The summed E-state index contributed by atoms with van der Waals surface area (Å²) < 4.78 is 42.4. The molecule has 0 bridgehead atoms. The van der Waals surface area contributed by atoms with Crippen molar-refractivity contribution in [3.05, 3.63) is 35.4 Å². The number of nitrogens with one attached hydrogen (secondary N) is 1. The minimum atomic E-state index is -4.34. The van der Waals surface area contributed by atoms with Crippen molar-refractivity contribution in [2.75, 3.05) is 20.2 Å². The van der Waals surface area contributed by atoms with Crippen molar-refractivity contribution in [1.82, 2.24) is 5.32 Å². The molecule has 0 amide bonds. The van der Waals surface area contributed by atoms with Gasteiger partial charge in [0.05, 0.1) is 18.6 Å². The number of esters is 1. The van der Waals surface area contributed by atoms with Gasteiger partial charge in [0.1, 0.15) is 0 Å². The van der Waals surface area contributed by atoms with Crippen LogP contribution in [-0.4, -0.2) is 26.2 Å². The number of piperidine rings is 1. The molecular weight excluding hydrogens is 271 g/mol. The van der Waals surface area contributed by atoms with Crippen molar-refractivity contribution >= 4 is 5.97 Å². The monoisotopic (exact) mass is 287 g/mol. The standard InChI is InChI=1S/C14H16F3NO2/c1-20-13(19)11-6-7-18-8-12(11)9-2-4-10(5-3-9)14(15,16)17/h2-5,11-12,18H,6-8H2,1H3/t11-,12+/m0/s1. The van der Waals surface area contributed by atoms with Gasteiger partial charge in [0.25, 0.3) is 0 Å². The van der Waals surface area contributed by atoms with Crippen LogP contribution in [0.15, 0.2) is 24.3 Å². The average Bonchev–Trinajstić information content (AvgIpc) is 2.45. The van der Waals surface area contributed by atoms with Gasteiger partial charge in [0.15, 0.2) is 0 Å². The van der Waals surface area contributed by atoms with Crippen LogP contribution in [-0.2, 0) is 15.7 Å². The van der Waals surface area contributed by atoms with Crippen molar-refractivity contribution in [2.45, 2.75) is 18.5 Å². The molecule has 0 radical (unpaired) electrons. The summed E-state index contributed by atoms with van der Waals surface area (Å²) in [5, 5.41) is 3.16. The number of ether oxygens (including phenoxy) is 1. The van der Waals surface area contributed by atoms with Crippen LogP contribution in [0.4, 0.5) is 13.2 Å². The molecule has 6 heteroatoms. The maximum absolute atomic E-state index is 12.5. The topological polar surface area (TPSA) is 38.3 Å². The summed E-state index contributed by atoms with van der Waals surface area (Å²) in [7, 11) is 1.33. The Morgan fingerprint density at radius 1 is 1.30 bits per heavy atom. The van der Waals surface area contributed by atoms with Crippen LogP contribution in [0, 0.1) is 5.92 Å². The number of methoxy groups -OCH3 is 1. The summed E-state index contributed by atoms with van der Waals surface area (Å²) in [6.45, 7) is 1.27. The van der Waals surface area contributed by atoms with E-state index in [1.807, 2.05) is 0 Å². The summed E-state index contributed by atoms with van der Waals surface area (Å²) in [6.07, 6.45) is -3.72. The van der Waals surface area contributed by atoms with E-state index in [0.29, 0.717) is 19.5 Å². The molecule has 0 unspecified atom stereocenters. The first-order valence-electron chi connectivity index (χ1n) is 6.39. The molecule has 20 heavy (non-hydrogen) atoms. The molecule has 0 saturated carbocycles. The fourth-order valence-corrected chi connectivity index (χ4v) is 2.56. The summed E-state index contributed by atoms with van der Waals surface area (Å²) >= 11 is 0. The van der Waals surface area contributed by atoms with E-state index in [4.69, 9.17) is 4.74 Å². The highest BCUT2D eigenvalue weighted by Gasteiger charge is 2.34. The van der Waals surface area contributed by atoms with Crippen LogP contribution in [0.3, 0.4) is 0 Å². The van der Waals surface area contributed by atoms with Crippen molar-refractivity contribution in [1.29, 1.82) is 0 Å². The lowest BCUT2D eigenvalue weighted by Crippen LogP contribution is -2.39. The van der Waals surface area contributed by atoms with E-state index in [1.54, 1.807) is 0 Å². The molecule has 1 fully saturated rings. The molecule has 110 valence electrons. The fourth-order valence-electron chi connectivity index (χ4n) is 2.56. The van der Waals surface area contributed by atoms with Gasteiger partial charge >= 0.3 is 12.1 Å². The highest BCUT2D eigenvalue weighted by molar-refractivity contribution is 5.73. The van der Waals surface area contributed by atoms with Gasteiger partial charge in [0.2, 0.25) is 0 Å². The molecule has 1 saturated heterocycles. The van der Waals surface area contributed by atoms with Crippen molar-refractivity contribution in [3.8, 4) is 0 Å². The normalized spacial score (nSPS) is 23.4. The Morgan fingerprint density at radius 2 is 1.95 bits per heavy atom. The Hall–Kier alpha value is -1.56. The van der Waals surface area contributed by atoms with Gasteiger partial charge in [-0.25, -0.2) is 0 Å². The lowest BCUT2D eigenvalue weighted by atomic mass is 9.81. The van der Waals surface area contributed by atoms with E-state index in [9.17, 15) is 18.0 Å². The highest BCUT2D eigenvalue weighted by Crippen LogP contribution is 2.33. The second-order valence-corrected chi connectivity index (χ2v) is 4.85. The lowest BCUT2D eigenvalue weighted by molar-refractivity contribution is -0.147. The zero-order valence-electron chi connectivity index (χ0n) is 11.0. The predicted octanol–water partition coefficient (Wildman–Crippen LogP) is 2.57. The van der Waals surface area contributed by atoms with Gasteiger partial charge < -0.3 is 10.1 Å². The first kappa shape index (κ1) is 14.8. The molecule has 0 spiro atoms. The zero-order chi connectivity index (χ0) is 14.8. The molecule has 1 heterocycles. The van der Waals surface area contributed by atoms with Crippen molar-refractivity contribution in [2.24, 2.45) is 5.92 Å². The molecule has 1 N–H and O–H groups in total. The maximum Gasteiger partial charge on any atom is 0.416 e.